The topological polar surface area (TPSA) is 117 Å². The first-order valence-electron chi connectivity index (χ1n) is 13.8. The van der Waals surface area contributed by atoms with E-state index in [1.165, 1.54) is 6.20 Å². The molecule has 2 aliphatic heterocycles. The van der Waals surface area contributed by atoms with E-state index in [-0.39, 0.29) is 41.8 Å². The Hall–Kier alpha value is -2.11. The van der Waals surface area contributed by atoms with Gasteiger partial charge in [-0.05, 0) is 49.3 Å². The number of fused-ring (bicyclic) bond motifs is 2. The van der Waals surface area contributed by atoms with E-state index in [1.54, 1.807) is 16.4 Å². The molecule has 0 aliphatic carbocycles. The zero-order chi connectivity index (χ0) is 28.2. The molecule has 4 N–H and O–H groups in total. The fraction of sp³-hybridized carbons (Fsp3) is 0.571. The smallest absolute Gasteiger partial charge is 0.241 e. The summed E-state index contributed by atoms with van der Waals surface area (Å²) >= 11 is 6.09. The Labute approximate surface area is 235 Å². The molecule has 2 saturated heterocycles. The molecule has 2 fully saturated rings. The van der Waals surface area contributed by atoms with E-state index in [0.29, 0.717) is 36.5 Å². The van der Waals surface area contributed by atoms with Crippen molar-refractivity contribution in [2.24, 2.45) is 11.7 Å². The zero-order valence-corrected chi connectivity index (χ0v) is 24.1. The summed E-state index contributed by atoms with van der Waals surface area (Å²) in [5.74, 6) is -0.925. The number of benzene rings is 1. The molecule has 3 heterocycles. The van der Waals surface area contributed by atoms with Crippen LogP contribution in [0.1, 0.15) is 63.0 Å². The molecule has 4 rings (SSSR count). The number of amides is 1. The number of rotatable bonds is 10. The number of nitrogens with two attached hydrogens (primary N) is 1. The lowest BCUT2D eigenvalue weighted by molar-refractivity contribution is -0.118. The summed E-state index contributed by atoms with van der Waals surface area (Å²) in [6, 6.07) is 6.36. The molecule has 2 aromatic rings. The van der Waals surface area contributed by atoms with E-state index >= 15 is 4.39 Å². The summed E-state index contributed by atoms with van der Waals surface area (Å²) in [4.78, 5) is 17.4. The molecule has 2 bridgehead atoms. The SMILES string of the molecule is CCC(CC)[C@H](c1ccc(Cl)cc1)[C@H](N)C(=O)Nc1cncc(F)c1CCC1CN[C@@H]2CCCS(=O)(=O)N1C2. The molecule has 1 aromatic carbocycles. The third-order valence-electron chi connectivity index (χ3n) is 8.25. The van der Waals surface area contributed by atoms with Gasteiger partial charge in [0, 0.05) is 41.7 Å². The van der Waals surface area contributed by atoms with E-state index in [2.05, 4.69) is 29.5 Å². The maximum absolute atomic E-state index is 15.0. The summed E-state index contributed by atoms with van der Waals surface area (Å²) in [5.41, 5.74) is 8.05. The highest BCUT2D eigenvalue weighted by molar-refractivity contribution is 7.89. The number of hydrogen-bond acceptors (Lipinski definition) is 6. The quantitative estimate of drug-likeness (QED) is 0.391. The van der Waals surface area contributed by atoms with Gasteiger partial charge in [0.2, 0.25) is 15.9 Å². The largest absolute Gasteiger partial charge is 0.323 e. The van der Waals surface area contributed by atoms with Crippen LogP contribution < -0.4 is 16.4 Å². The molecule has 8 nitrogen and oxygen atoms in total. The van der Waals surface area contributed by atoms with Crippen molar-refractivity contribution in [3.8, 4) is 0 Å². The van der Waals surface area contributed by atoms with Crippen LogP contribution in [-0.2, 0) is 21.2 Å². The molecule has 0 spiro atoms. The first-order chi connectivity index (χ1) is 18.6. The van der Waals surface area contributed by atoms with Crippen LogP contribution in [-0.4, -0.2) is 60.6 Å². The van der Waals surface area contributed by atoms with Crippen LogP contribution in [0.4, 0.5) is 10.1 Å². The number of carbonyl (C=O) groups is 1. The lowest BCUT2D eigenvalue weighted by atomic mass is 9.77. The number of sulfonamides is 1. The van der Waals surface area contributed by atoms with Crippen LogP contribution in [0.5, 0.6) is 0 Å². The van der Waals surface area contributed by atoms with E-state index < -0.39 is 27.8 Å². The van der Waals surface area contributed by atoms with Crippen molar-refractivity contribution in [3.05, 3.63) is 58.6 Å². The van der Waals surface area contributed by atoms with Gasteiger partial charge in [0.1, 0.15) is 5.82 Å². The van der Waals surface area contributed by atoms with Crippen LogP contribution in [0.25, 0.3) is 0 Å². The van der Waals surface area contributed by atoms with Gasteiger partial charge in [-0.15, -0.1) is 0 Å². The van der Waals surface area contributed by atoms with E-state index in [4.69, 9.17) is 17.3 Å². The van der Waals surface area contributed by atoms with Crippen molar-refractivity contribution >= 4 is 33.2 Å². The Morgan fingerprint density at radius 1 is 1.26 bits per heavy atom. The van der Waals surface area contributed by atoms with Gasteiger partial charge in [-0.2, -0.15) is 4.31 Å². The highest BCUT2D eigenvalue weighted by Gasteiger charge is 2.38. The summed E-state index contributed by atoms with van der Waals surface area (Å²) < 4.78 is 42.3. The molecule has 39 heavy (non-hydrogen) atoms. The molecule has 214 valence electrons. The monoisotopic (exact) mass is 579 g/mol. The van der Waals surface area contributed by atoms with Crippen LogP contribution in [0.3, 0.4) is 0 Å². The average Bonchev–Trinajstić information content (AvgIpc) is 3.03. The molecule has 0 saturated carbocycles. The van der Waals surface area contributed by atoms with E-state index in [1.807, 2.05) is 12.1 Å². The molecule has 0 radical (unpaired) electrons. The van der Waals surface area contributed by atoms with Crippen molar-refractivity contribution in [1.82, 2.24) is 14.6 Å². The second-order valence-electron chi connectivity index (χ2n) is 10.6. The van der Waals surface area contributed by atoms with Gasteiger partial charge in [0.25, 0.3) is 0 Å². The highest BCUT2D eigenvalue weighted by atomic mass is 35.5. The maximum atomic E-state index is 15.0. The molecular formula is C28H39ClFN5O3S. The van der Waals surface area contributed by atoms with Crippen LogP contribution in [0.15, 0.2) is 36.7 Å². The zero-order valence-electron chi connectivity index (χ0n) is 22.6. The van der Waals surface area contributed by atoms with Crippen molar-refractivity contribution in [2.45, 2.75) is 76.4 Å². The number of nitrogens with one attached hydrogen (secondary N) is 2. The first kappa shape index (κ1) is 29.9. The van der Waals surface area contributed by atoms with Gasteiger partial charge in [0.15, 0.2) is 0 Å². The Morgan fingerprint density at radius 2 is 1.97 bits per heavy atom. The van der Waals surface area contributed by atoms with Gasteiger partial charge in [-0.25, -0.2) is 12.8 Å². The minimum absolute atomic E-state index is 0.135. The Bertz CT molecular complexity index is 1240. The van der Waals surface area contributed by atoms with Crippen molar-refractivity contribution < 1.29 is 17.6 Å². The van der Waals surface area contributed by atoms with Gasteiger partial charge >= 0.3 is 0 Å². The number of piperazine rings is 1. The lowest BCUT2D eigenvalue weighted by Crippen LogP contribution is -2.57. The van der Waals surface area contributed by atoms with Crippen LogP contribution in [0, 0.1) is 11.7 Å². The number of carbonyl (C=O) groups excluding carboxylic acids is 1. The Morgan fingerprint density at radius 3 is 2.67 bits per heavy atom. The number of anilines is 1. The average molecular weight is 580 g/mol. The summed E-state index contributed by atoms with van der Waals surface area (Å²) in [7, 11) is -3.36. The number of nitrogens with zero attached hydrogens (tertiary/aromatic N) is 2. The Balaban J connectivity index is 1.52. The van der Waals surface area contributed by atoms with E-state index in [0.717, 1.165) is 31.0 Å². The summed E-state index contributed by atoms with van der Waals surface area (Å²) in [6.45, 7) is 5.10. The highest BCUT2D eigenvalue weighted by Crippen LogP contribution is 2.34. The number of halogens is 2. The molecule has 1 amide bonds. The molecule has 11 heteroatoms. The van der Waals surface area contributed by atoms with Gasteiger partial charge < -0.3 is 16.4 Å². The molecule has 5 atom stereocenters. The van der Waals surface area contributed by atoms with Crippen LogP contribution in [0.2, 0.25) is 5.02 Å². The minimum Gasteiger partial charge on any atom is -0.323 e. The third kappa shape index (κ3) is 6.97. The van der Waals surface area contributed by atoms with Gasteiger partial charge in [-0.1, -0.05) is 50.4 Å². The van der Waals surface area contributed by atoms with Crippen LogP contribution >= 0.6 is 11.6 Å². The third-order valence-corrected chi connectivity index (χ3v) is 10.5. The second-order valence-corrected chi connectivity index (χ2v) is 13.1. The first-order valence-corrected chi connectivity index (χ1v) is 15.8. The van der Waals surface area contributed by atoms with Crippen molar-refractivity contribution in [3.63, 3.8) is 0 Å². The Kier molecular flexibility index (Phi) is 9.98. The van der Waals surface area contributed by atoms with E-state index in [9.17, 15) is 13.2 Å². The lowest BCUT2D eigenvalue weighted by Gasteiger charge is -2.37. The second kappa shape index (κ2) is 13.0. The minimum atomic E-state index is -3.36. The predicted octanol–water partition coefficient (Wildman–Crippen LogP) is 4.06. The molecular weight excluding hydrogens is 541 g/mol. The maximum Gasteiger partial charge on any atom is 0.241 e. The molecule has 1 aromatic heterocycles. The molecule has 2 aliphatic rings. The predicted molar refractivity (Wildman–Crippen MR) is 153 cm³/mol. The fourth-order valence-electron chi connectivity index (χ4n) is 6.01. The normalized spacial score (nSPS) is 24.1. The summed E-state index contributed by atoms with van der Waals surface area (Å²) in [5, 5.41) is 6.87. The molecule has 2 unspecified atom stereocenters. The number of hydrogen-bond donors (Lipinski definition) is 3. The number of pyridine rings is 1. The van der Waals surface area contributed by atoms with Gasteiger partial charge in [-0.3, -0.25) is 9.78 Å². The van der Waals surface area contributed by atoms with Crippen molar-refractivity contribution in [2.75, 3.05) is 24.2 Å². The van der Waals surface area contributed by atoms with Crippen molar-refractivity contribution in [1.29, 1.82) is 0 Å². The standard InChI is InChI=1S/C28H39ClFN5O3S/c1-3-18(4-2)26(19-7-9-20(29)10-8-19)27(31)28(36)34-25-16-32-15-24(30)23(25)12-11-22-14-33-21-6-5-13-39(37,38)35(22)17-21/h7-10,15-16,18,21-22,26-27,33H,3-6,11-14,17,31H2,1-2H3,(H,34,36)/t21-,22?,26-,27+/m1/s1. The fourth-order valence-corrected chi connectivity index (χ4v) is 7.95. The number of aromatic nitrogens is 1. The van der Waals surface area contributed by atoms with Gasteiger partial charge in [0.05, 0.1) is 29.9 Å². The summed E-state index contributed by atoms with van der Waals surface area (Å²) in [6.07, 6.45) is 6.34.